The van der Waals surface area contributed by atoms with Crippen LogP contribution < -0.4 is 9.47 Å². The molecule has 0 fully saturated rings. The Morgan fingerprint density at radius 2 is 1.80 bits per heavy atom. The number of benzene rings is 3. The fraction of sp³-hybridized carbons (Fsp3) is 0.227. The van der Waals surface area contributed by atoms with Crippen LogP contribution in [0.2, 0.25) is 0 Å². The summed E-state index contributed by atoms with van der Waals surface area (Å²) in [6.45, 7) is 2.66. The van der Waals surface area contributed by atoms with Crippen molar-refractivity contribution in [2.24, 2.45) is 0 Å². The summed E-state index contributed by atoms with van der Waals surface area (Å²) in [6.07, 6.45) is -0.672. The van der Waals surface area contributed by atoms with Crippen LogP contribution in [-0.2, 0) is 0 Å². The second-order valence-corrected chi connectivity index (χ2v) is 7.55. The molecule has 0 aliphatic heterocycles. The first-order valence-corrected chi connectivity index (χ1v) is 10.7. The molecule has 0 saturated carbocycles. The Kier molecular flexibility index (Phi) is 6.46. The van der Waals surface area contributed by atoms with Gasteiger partial charge >= 0.3 is 0 Å². The van der Waals surface area contributed by atoms with Gasteiger partial charge in [-0.3, -0.25) is 0 Å². The molecule has 154 valence electrons. The van der Waals surface area contributed by atoms with Crippen LogP contribution in [0.1, 0.15) is 6.92 Å². The van der Waals surface area contributed by atoms with Gasteiger partial charge in [0.05, 0.1) is 12.7 Å². The van der Waals surface area contributed by atoms with E-state index in [0.29, 0.717) is 23.3 Å². The van der Waals surface area contributed by atoms with E-state index in [1.165, 1.54) is 11.8 Å². The van der Waals surface area contributed by atoms with E-state index in [2.05, 4.69) is 21.6 Å². The van der Waals surface area contributed by atoms with Crippen molar-refractivity contribution in [2.75, 3.05) is 19.0 Å². The largest absolute Gasteiger partial charge is 0.492 e. The van der Waals surface area contributed by atoms with E-state index in [1.807, 2.05) is 67.6 Å². The number of hydrogen-bond acceptors (Lipinski definition) is 7. The first-order valence-electron chi connectivity index (χ1n) is 9.67. The van der Waals surface area contributed by atoms with Crippen molar-refractivity contribution in [3.05, 3.63) is 66.7 Å². The van der Waals surface area contributed by atoms with Crippen molar-refractivity contribution in [3.63, 3.8) is 0 Å². The molecule has 4 rings (SSSR count). The van der Waals surface area contributed by atoms with Crippen LogP contribution in [0.25, 0.3) is 16.5 Å². The number of nitrogens with zero attached hydrogens (tertiary/aromatic N) is 4. The van der Waals surface area contributed by atoms with Crippen molar-refractivity contribution in [3.8, 4) is 17.2 Å². The second kappa shape index (κ2) is 9.60. The Morgan fingerprint density at radius 3 is 2.67 bits per heavy atom. The summed E-state index contributed by atoms with van der Waals surface area (Å²) < 4.78 is 13.1. The van der Waals surface area contributed by atoms with Crippen molar-refractivity contribution >= 4 is 22.5 Å². The van der Waals surface area contributed by atoms with Gasteiger partial charge in [0, 0.05) is 5.75 Å². The Bertz CT molecular complexity index is 1120. The second-order valence-electron chi connectivity index (χ2n) is 6.56. The summed E-state index contributed by atoms with van der Waals surface area (Å²) in [5.74, 6) is 1.83. The highest BCUT2D eigenvalue weighted by Crippen LogP contribution is 2.26. The van der Waals surface area contributed by atoms with E-state index in [-0.39, 0.29) is 6.61 Å². The lowest BCUT2D eigenvalue weighted by Gasteiger charge is -2.13. The maximum Gasteiger partial charge on any atom is 0.214 e. The number of ether oxygens (including phenoxy) is 2. The summed E-state index contributed by atoms with van der Waals surface area (Å²) in [6, 6.07) is 21.6. The third-order valence-corrected chi connectivity index (χ3v) is 5.47. The predicted molar refractivity (Wildman–Crippen MR) is 116 cm³/mol. The summed E-state index contributed by atoms with van der Waals surface area (Å²) in [4.78, 5) is 0. The molecule has 1 unspecified atom stereocenters. The van der Waals surface area contributed by atoms with E-state index >= 15 is 0 Å². The Labute approximate surface area is 178 Å². The Morgan fingerprint density at radius 1 is 1.00 bits per heavy atom. The number of rotatable bonds is 9. The SMILES string of the molecule is CCOc1ccccc1-n1nnnc1SCC(O)COc1ccc2ccccc2c1. The lowest BCUT2D eigenvalue weighted by atomic mass is 10.1. The van der Waals surface area contributed by atoms with Crippen LogP contribution in [0.5, 0.6) is 11.5 Å². The van der Waals surface area contributed by atoms with Gasteiger partial charge in [0.15, 0.2) is 0 Å². The zero-order valence-electron chi connectivity index (χ0n) is 16.5. The van der Waals surface area contributed by atoms with Gasteiger partial charge in [0.1, 0.15) is 23.8 Å². The van der Waals surface area contributed by atoms with Crippen molar-refractivity contribution in [1.29, 1.82) is 0 Å². The summed E-state index contributed by atoms with van der Waals surface area (Å²) in [5, 5.41) is 25.1. The highest BCUT2D eigenvalue weighted by molar-refractivity contribution is 7.99. The molecule has 1 atom stereocenters. The monoisotopic (exact) mass is 422 g/mol. The molecule has 0 radical (unpaired) electrons. The molecule has 7 nitrogen and oxygen atoms in total. The van der Waals surface area contributed by atoms with E-state index in [9.17, 15) is 5.11 Å². The molecule has 30 heavy (non-hydrogen) atoms. The minimum Gasteiger partial charge on any atom is -0.492 e. The van der Waals surface area contributed by atoms with Crippen LogP contribution in [0.15, 0.2) is 71.9 Å². The van der Waals surface area contributed by atoms with Gasteiger partial charge in [-0.05, 0) is 52.4 Å². The zero-order chi connectivity index (χ0) is 20.8. The molecule has 8 heteroatoms. The number of tetrazole rings is 1. The van der Waals surface area contributed by atoms with Crippen molar-refractivity contribution in [2.45, 2.75) is 18.2 Å². The van der Waals surface area contributed by atoms with Crippen molar-refractivity contribution < 1.29 is 14.6 Å². The summed E-state index contributed by atoms with van der Waals surface area (Å²) in [7, 11) is 0. The van der Waals surface area contributed by atoms with Gasteiger partial charge < -0.3 is 14.6 Å². The summed E-state index contributed by atoms with van der Waals surface area (Å²) in [5.41, 5.74) is 0.758. The average molecular weight is 423 g/mol. The molecule has 1 N–H and O–H groups in total. The van der Waals surface area contributed by atoms with Gasteiger partial charge in [-0.25, -0.2) is 0 Å². The number of thioether (sulfide) groups is 1. The Balaban J connectivity index is 1.36. The third-order valence-electron chi connectivity index (χ3n) is 4.40. The molecule has 0 aliphatic rings. The number of aliphatic hydroxyl groups is 1. The molecule has 4 aromatic rings. The third kappa shape index (κ3) is 4.72. The topological polar surface area (TPSA) is 82.3 Å². The number of para-hydroxylation sites is 2. The van der Waals surface area contributed by atoms with E-state index in [1.54, 1.807) is 4.68 Å². The first-order chi connectivity index (χ1) is 14.7. The van der Waals surface area contributed by atoms with E-state index < -0.39 is 6.10 Å². The molecule has 1 heterocycles. The molecule has 0 bridgehead atoms. The summed E-state index contributed by atoms with van der Waals surface area (Å²) >= 11 is 1.36. The maximum atomic E-state index is 10.4. The standard InChI is InChI=1S/C22H22N4O3S/c1-2-28-21-10-6-5-9-20(21)26-22(23-24-25-26)30-15-18(27)14-29-19-12-11-16-7-3-4-8-17(16)13-19/h3-13,18,27H,2,14-15H2,1H3. The number of aromatic nitrogens is 4. The van der Waals surface area contributed by atoms with Gasteiger partial charge in [0.2, 0.25) is 5.16 Å². The van der Waals surface area contributed by atoms with Crippen LogP contribution in [0.4, 0.5) is 0 Å². The molecular weight excluding hydrogens is 400 g/mol. The fourth-order valence-electron chi connectivity index (χ4n) is 3.00. The predicted octanol–water partition coefficient (Wildman–Crippen LogP) is 3.75. The van der Waals surface area contributed by atoms with E-state index in [0.717, 1.165) is 22.2 Å². The Hall–Kier alpha value is -3.10. The van der Waals surface area contributed by atoms with Gasteiger partial charge in [0.25, 0.3) is 0 Å². The quantitative estimate of drug-likeness (QED) is 0.411. The van der Waals surface area contributed by atoms with Gasteiger partial charge in [-0.1, -0.05) is 54.2 Å². The smallest absolute Gasteiger partial charge is 0.214 e. The average Bonchev–Trinajstić information content (AvgIpc) is 3.25. The molecule has 0 amide bonds. The molecule has 0 saturated heterocycles. The lowest BCUT2D eigenvalue weighted by molar-refractivity contribution is 0.126. The van der Waals surface area contributed by atoms with Gasteiger partial charge in [-0.2, -0.15) is 4.68 Å². The van der Waals surface area contributed by atoms with Crippen LogP contribution in [-0.4, -0.2) is 50.4 Å². The highest BCUT2D eigenvalue weighted by atomic mass is 32.2. The number of hydrogen-bond donors (Lipinski definition) is 1. The van der Waals surface area contributed by atoms with Crippen LogP contribution in [0.3, 0.4) is 0 Å². The van der Waals surface area contributed by atoms with E-state index in [4.69, 9.17) is 9.47 Å². The molecule has 0 spiro atoms. The lowest BCUT2D eigenvalue weighted by Crippen LogP contribution is -2.20. The van der Waals surface area contributed by atoms with Crippen molar-refractivity contribution in [1.82, 2.24) is 20.2 Å². The normalized spacial score (nSPS) is 12.1. The van der Waals surface area contributed by atoms with Crippen LogP contribution >= 0.6 is 11.8 Å². The minimum atomic E-state index is -0.672. The highest BCUT2D eigenvalue weighted by Gasteiger charge is 2.15. The minimum absolute atomic E-state index is 0.183. The molecule has 0 aliphatic carbocycles. The first kappa shape index (κ1) is 20.2. The number of aliphatic hydroxyl groups excluding tert-OH is 1. The number of fused-ring (bicyclic) bond motifs is 1. The fourth-order valence-corrected chi connectivity index (χ4v) is 3.79. The van der Waals surface area contributed by atoms with Gasteiger partial charge in [-0.15, -0.1) is 5.10 Å². The molecular formula is C22H22N4O3S. The molecule has 3 aromatic carbocycles. The van der Waals surface area contributed by atoms with Crippen LogP contribution in [0, 0.1) is 0 Å². The maximum absolute atomic E-state index is 10.4. The molecule has 1 aromatic heterocycles. The zero-order valence-corrected chi connectivity index (χ0v) is 17.3.